The SMILES string of the molecule is O=C=C1C=C(OCC(=O)O)C=CC1. The molecule has 13 heavy (non-hydrogen) atoms. The van der Waals surface area contributed by atoms with Crippen LogP contribution in [-0.2, 0) is 14.3 Å². The molecule has 1 aliphatic carbocycles. The van der Waals surface area contributed by atoms with Gasteiger partial charge in [0.15, 0.2) is 6.61 Å². The van der Waals surface area contributed by atoms with Crippen molar-refractivity contribution in [3.63, 3.8) is 0 Å². The number of hydrogen-bond donors (Lipinski definition) is 1. The van der Waals surface area contributed by atoms with Gasteiger partial charge in [0, 0.05) is 12.0 Å². The molecule has 0 aromatic carbocycles. The molecule has 0 atom stereocenters. The fraction of sp³-hybridized carbons (Fsp3) is 0.222. The third-order valence-corrected chi connectivity index (χ3v) is 1.43. The van der Waals surface area contributed by atoms with Gasteiger partial charge in [0.2, 0.25) is 0 Å². The predicted molar refractivity (Wildman–Crippen MR) is 44.6 cm³/mol. The van der Waals surface area contributed by atoms with Gasteiger partial charge in [-0.25, -0.2) is 9.59 Å². The van der Waals surface area contributed by atoms with Gasteiger partial charge in [-0.2, -0.15) is 0 Å². The minimum atomic E-state index is -1.04. The van der Waals surface area contributed by atoms with E-state index in [4.69, 9.17) is 9.84 Å². The molecule has 4 heteroatoms. The first kappa shape index (κ1) is 9.29. The Bertz CT molecular complexity index is 319. The van der Waals surface area contributed by atoms with Crippen molar-refractivity contribution in [2.75, 3.05) is 6.61 Å². The third kappa shape index (κ3) is 2.97. The van der Waals surface area contributed by atoms with Crippen LogP contribution in [0.1, 0.15) is 6.42 Å². The van der Waals surface area contributed by atoms with Crippen LogP contribution in [0.4, 0.5) is 0 Å². The number of carboxylic acid groups (broad SMARTS) is 1. The van der Waals surface area contributed by atoms with E-state index in [1.807, 2.05) is 0 Å². The van der Waals surface area contributed by atoms with Crippen LogP contribution in [0, 0.1) is 0 Å². The molecule has 0 aromatic rings. The summed E-state index contributed by atoms with van der Waals surface area (Å²) in [5.41, 5.74) is 0.461. The average molecular weight is 180 g/mol. The highest BCUT2D eigenvalue weighted by Gasteiger charge is 2.04. The average Bonchev–Trinajstić information content (AvgIpc) is 2.15. The van der Waals surface area contributed by atoms with Gasteiger partial charge >= 0.3 is 5.97 Å². The molecule has 0 aromatic heterocycles. The number of rotatable bonds is 3. The first-order valence-electron chi connectivity index (χ1n) is 3.69. The standard InChI is InChI=1S/C9H8O4/c10-5-7-2-1-3-8(4-7)13-6-9(11)12/h1,3-4H,2,6H2,(H,11,12). The van der Waals surface area contributed by atoms with Gasteiger partial charge in [0.1, 0.15) is 11.7 Å². The maximum absolute atomic E-state index is 10.2. The molecule has 0 amide bonds. The zero-order valence-electron chi connectivity index (χ0n) is 6.82. The summed E-state index contributed by atoms with van der Waals surface area (Å²) in [5.74, 6) is 1.07. The Hall–Kier alpha value is -1.80. The van der Waals surface area contributed by atoms with Gasteiger partial charge in [0.05, 0.1) is 0 Å². The first-order valence-corrected chi connectivity index (χ1v) is 3.69. The van der Waals surface area contributed by atoms with E-state index in [-0.39, 0.29) is 0 Å². The van der Waals surface area contributed by atoms with Crippen LogP contribution in [0.15, 0.2) is 29.6 Å². The normalized spacial score (nSPS) is 14.8. The second-order valence-corrected chi connectivity index (χ2v) is 2.46. The molecule has 4 nitrogen and oxygen atoms in total. The van der Waals surface area contributed by atoms with Crippen molar-refractivity contribution in [1.29, 1.82) is 0 Å². The molecule has 0 saturated heterocycles. The quantitative estimate of drug-likeness (QED) is 0.649. The van der Waals surface area contributed by atoms with E-state index >= 15 is 0 Å². The Morgan fingerprint density at radius 3 is 3.08 bits per heavy atom. The molecule has 68 valence electrons. The Balaban J connectivity index is 2.59. The van der Waals surface area contributed by atoms with E-state index in [9.17, 15) is 9.59 Å². The Morgan fingerprint density at radius 2 is 2.46 bits per heavy atom. The van der Waals surface area contributed by atoms with Crippen LogP contribution in [-0.4, -0.2) is 23.6 Å². The zero-order valence-corrected chi connectivity index (χ0v) is 6.82. The summed E-state index contributed by atoms with van der Waals surface area (Å²) < 4.78 is 4.85. The van der Waals surface area contributed by atoms with Gasteiger partial charge in [-0.3, -0.25) is 0 Å². The maximum Gasteiger partial charge on any atom is 0.341 e. The lowest BCUT2D eigenvalue weighted by Gasteiger charge is -2.07. The molecule has 0 fully saturated rings. The molecular formula is C9H8O4. The summed E-state index contributed by atoms with van der Waals surface area (Å²) in [6.07, 6.45) is 5.35. The van der Waals surface area contributed by atoms with E-state index in [2.05, 4.69) is 0 Å². The van der Waals surface area contributed by atoms with Gasteiger partial charge in [-0.1, -0.05) is 6.08 Å². The summed E-state index contributed by atoms with van der Waals surface area (Å²) in [5, 5.41) is 8.31. The minimum Gasteiger partial charge on any atom is -0.482 e. The Kier molecular flexibility index (Phi) is 3.06. The number of carbonyl (C=O) groups is 1. The van der Waals surface area contributed by atoms with Crippen LogP contribution in [0.3, 0.4) is 0 Å². The summed E-state index contributed by atoms with van der Waals surface area (Å²) in [6, 6.07) is 0. The molecule has 0 saturated carbocycles. The minimum absolute atomic E-state index is 0.381. The lowest BCUT2D eigenvalue weighted by molar-refractivity contribution is -0.140. The van der Waals surface area contributed by atoms with E-state index in [0.717, 1.165) is 0 Å². The summed E-state index contributed by atoms with van der Waals surface area (Å²) in [7, 11) is 0. The smallest absolute Gasteiger partial charge is 0.341 e. The second-order valence-electron chi connectivity index (χ2n) is 2.46. The summed E-state index contributed by atoms with van der Waals surface area (Å²) in [4.78, 5) is 20.4. The molecule has 1 aliphatic rings. The number of ether oxygens (including phenoxy) is 1. The second kappa shape index (κ2) is 4.28. The molecule has 1 N–H and O–H groups in total. The molecular weight excluding hydrogens is 172 g/mol. The van der Waals surface area contributed by atoms with Crippen molar-refractivity contribution in [3.05, 3.63) is 29.6 Å². The highest BCUT2D eigenvalue weighted by molar-refractivity contribution is 5.68. The summed E-state index contributed by atoms with van der Waals surface area (Å²) >= 11 is 0. The monoisotopic (exact) mass is 180 g/mol. The third-order valence-electron chi connectivity index (χ3n) is 1.43. The van der Waals surface area contributed by atoms with Crippen molar-refractivity contribution < 1.29 is 19.4 Å². The van der Waals surface area contributed by atoms with E-state index < -0.39 is 12.6 Å². The van der Waals surface area contributed by atoms with E-state index in [0.29, 0.717) is 17.8 Å². The van der Waals surface area contributed by atoms with Crippen LogP contribution >= 0.6 is 0 Å². The van der Waals surface area contributed by atoms with Gasteiger partial charge in [0.25, 0.3) is 0 Å². The van der Waals surface area contributed by atoms with Crippen molar-refractivity contribution in [2.45, 2.75) is 6.42 Å². The van der Waals surface area contributed by atoms with E-state index in [1.54, 1.807) is 18.1 Å². The summed E-state index contributed by atoms with van der Waals surface area (Å²) in [6.45, 7) is -0.400. The van der Waals surface area contributed by atoms with Gasteiger partial charge in [-0.05, 0) is 12.2 Å². The highest BCUT2D eigenvalue weighted by atomic mass is 16.5. The molecule has 0 heterocycles. The van der Waals surface area contributed by atoms with Gasteiger partial charge < -0.3 is 9.84 Å². The molecule has 0 spiro atoms. The number of carbonyl (C=O) groups excluding carboxylic acids is 1. The fourth-order valence-corrected chi connectivity index (χ4v) is 0.887. The number of allylic oxidation sites excluding steroid dienone is 4. The number of aliphatic carboxylic acids is 1. The van der Waals surface area contributed by atoms with Crippen LogP contribution in [0.5, 0.6) is 0 Å². The molecule has 1 rings (SSSR count). The van der Waals surface area contributed by atoms with Crippen molar-refractivity contribution in [1.82, 2.24) is 0 Å². The Labute approximate surface area is 74.8 Å². The first-order chi connectivity index (χ1) is 6.22. The zero-order chi connectivity index (χ0) is 9.68. The van der Waals surface area contributed by atoms with Crippen LogP contribution in [0.25, 0.3) is 0 Å². The van der Waals surface area contributed by atoms with Crippen molar-refractivity contribution >= 4 is 11.9 Å². The fourth-order valence-electron chi connectivity index (χ4n) is 0.887. The largest absolute Gasteiger partial charge is 0.482 e. The molecule has 0 bridgehead atoms. The molecule has 0 unspecified atom stereocenters. The lowest BCUT2D eigenvalue weighted by Crippen LogP contribution is -2.06. The van der Waals surface area contributed by atoms with Crippen LogP contribution in [0.2, 0.25) is 0 Å². The molecule has 0 radical (unpaired) electrons. The van der Waals surface area contributed by atoms with Crippen molar-refractivity contribution in [2.24, 2.45) is 0 Å². The van der Waals surface area contributed by atoms with Gasteiger partial charge in [-0.15, -0.1) is 0 Å². The van der Waals surface area contributed by atoms with E-state index in [1.165, 1.54) is 6.08 Å². The lowest BCUT2D eigenvalue weighted by atomic mass is 10.1. The predicted octanol–water partition coefficient (Wildman–Crippen LogP) is 0.689. The molecule has 0 aliphatic heterocycles. The number of hydrogen-bond acceptors (Lipinski definition) is 3. The maximum atomic E-state index is 10.2. The highest BCUT2D eigenvalue weighted by Crippen LogP contribution is 2.13. The van der Waals surface area contributed by atoms with Crippen molar-refractivity contribution in [3.8, 4) is 0 Å². The van der Waals surface area contributed by atoms with Crippen LogP contribution < -0.4 is 0 Å². The Morgan fingerprint density at radius 1 is 1.69 bits per heavy atom. The number of carboxylic acids is 1. The topological polar surface area (TPSA) is 63.6 Å².